The average Bonchev–Trinajstić information content (AvgIpc) is 1.97. The molecular weight excluding hydrogens is 170 g/mol. The minimum Gasteiger partial charge on any atom is -0.368 e. The number of alkyl halides is 2. The Morgan fingerprint density at radius 1 is 1.58 bits per heavy atom. The third kappa shape index (κ3) is 1.22. The lowest BCUT2D eigenvalue weighted by Crippen LogP contribution is -2.62. The van der Waals surface area contributed by atoms with E-state index >= 15 is 0 Å². The van der Waals surface area contributed by atoms with E-state index in [1.165, 1.54) is 7.05 Å². The van der Waals surface area contributed by atoms with E-state index in [1.807, 2.05) is 0 Å². The summed E-state index contributed by atoms with van der Waals surface area (Å²) < 4.78 is 25.6. The molecule has 1 N–H and O–H groups in total. The van der Waals surface area contributed by atoms with Crippen LogP contribution in [-0.2, 0) is 0 Å². The Hall–Kier alpha value is -0.910. The highest BCUT2D eigenvalue weighted by molar-refractivity contribution is 5.75. The van der Waals surface area contributed by atoms with Crippen molar-refractivity contribution in [3.05, 3.63) is 0 Å². The zero-order valence-corrected chi connectivity index (χ0v) is 6.79. The first-order valence-electron chi connectivity index (χ1n) is 3.40. The SMILES string of the molecule is CN1CC(F)(F)C(O)N(C)C1=O. The number of nitrogens with zero attached hydrogens (tertiary/aromatic N) is 2. The molecule has 6 heteroatoms. The van der Waals surface area contributed by atoms with Crippen molar-refractivity contribution in [1.29, 1.82) is 0 Å². The normalized spacial score (nSPS) is 29.4. The summed E-state index contributed by atoms with van der Waals surface area (Å²) in [5.41, 5.74) is 0. The van der Waals surface area contributed by atoms with Gasteiger partial charge in [0.1, 0.15) is 0 Å². The van der Waals surface area contributed by atoms with Gasteiger partial charge < -0.3 is 10.0 Å². The first-order valence-corrected chi connectivity index (χ1v) is 3.40. The number of aliphatic hydroxyl groups is 1. The number of amides is 2. The van der Waals surface area contributed by atoms with Crippen molar-refractivity contribution in [2.75, 3.05) is 20.6 Å². The number of hydrogen-bond acceptors (Lipinski definition) is 2. The van der Waals surface area contributed by atoms with Gasteiger partial charge in [0.25, 0.3) is 0 Å². The number of hydrogen-bond donors (Lipinski definition) is 1. The van der Waals surface area contributed by atoms with Crippen LogP contribution < -0.4 is 0 Å². The number of carbonyl (C=O) groups is 1. The van der Waals surface area contributed by atoms with Gasteiger partial charge in [-0.05, 0) is 0 Å². The summed E-state index contributed by atoms with van der Waals surface area (Å²) in [6, 6.07) is -0.603. The first kappa shape index (κ1) is 9.18. The lowest BCUT2D eigenvalue weighted by Gasteiger charge is -2.39. The molecule has 1 rings (SSSR count). The van der Waals surface area contributed by atoms with Gasteiger partial charge in [0.2, 0.25) is 0 Å². The number of rotatable bonds is 0. The molecule has 1 atom stereocenters. The molecule has 4 nitrogen and oxygen atoms in total. The second kappa shape index (κ2) is 2.55. The molecular formula is C6H10F2N2O2. The molecule has 12 heavy (non-hydrogen) atoms. The van der Waals surface area contributed by atoms with Crippen LogP contribution in [0.15, 0.2) is 0 Å². The maximum Gasteiger partial charge on any atom is 0.321 e. The molecule has 1 unspecified atom stereocenters. The molecule has 1 heterocycles. The van der Waals surface area contributed by atoms with Gasteiger partial charge in [-0.1, -0.05) is 0 Å². The maximum absolute atomic E-state index is 12.8. The van der Waals surface area contributed by atoms with Gasteiger partial charge in [-0.3, -0.25) is 4.90 Å². The molecule has 0 aromatic carbocycles. The van der Waals surface area contributed by atoms with E-state index in [0.717, 1.165) is 11.9 Å². The Bertz CT molecular complexity index is 210. The lowest BCUT2D eigenvalue weighted by molar-refractivity contribution is -0.182. The molecule has 0 aliphatic carbocycles. The molecule has 1 saturated heterocycles. The van der Waals surface area contributed by atoms with Crippen LogP contribution in [0.3, 0.4) is 0 Å². The third-order valence-electron chi connectivity index (χ3n) is 1.82. The standard InChI is InChI=1S/C6H10F2N2O2/c1-9-3-6(7,8)4(11)10(2)5(9)12/h4,11H,3H2,1-2H3. The average molecular weight is 180 g/mol. The van der Waals surface area contributed by atoms with Gasteiger partial charge >= 0.3 is 12.0 Å². The summed E-state index contributed by atoms with van der Waals surface area (Å²) in [7, 11) is 2.40. The largest absolute Gasteiger partial charge is 0.368 e. The van der Waals surface area contributed by atoms with Gasteiger partial charge in [-0.2, -0.15) is 8.78 Å². The van der Waals surface area contributed by atoms with Gasteiger partial charge in [0.15, 0.2) is 6.23 Å². The van der Waals surface area contributed by atoms with E-state index in [1.54, 1.807) is 0 Å². The fourth-order valence-electron chi connectivity index (χ4n) is 1.12. The van der Waals surface area contributed by atoms with E-state index in [2.05, 4.69) is 0 Å². The Morgan fingerprint density at radius 2 is 2.08 bits per heavy atom. The molecule has 0 radical (unpaired) electrons. The van der Waals surface area contributed by atoms with Crippen LogP contribution in [0.5, 0.6) is 0 Å². The maximum atomic E-state index is 12.8. The topological polar surface area (TPSA) is 43.8 Å². The minimum atomic E-state index is -3.25. The van der Waals surface area contributed by atoms with Crippen LogP contribution in [0.4, 0.5) is 13.6 Å². The minimum absolute atomic E-state index is 0.603. The molecule has 1 aliphatic heterocycles. The Morgan fingerprint density at radius 3 is 2.58 bits per heavy atom. The predicted molar refractivity (Wildman–Crippen MR) is 36.7 cm³/mol. The van der Waals surface area contributed by atoms with Crippen molar-refractivity contribution >= 4 is 6.03 Å². The highest BCUT2D eigenvalue weighted by atomic mass is 19.3. The van der Waals surface area contributed by atoms with Gasteiger partial charge in [0.05, 0.1) is 6.54 Å². The molecule has 0 bridgehead atoms. The quantitative estimate of drug-likeness (QED) is 0.567. The Balaban J connectivity index is 2.85. The van der Waals surface area contributed by atoms with E-state index in [0.29, 0.717) is 4.90 Å². The summed E-state index contributed by atoms with van der Waals surface area (Å²) in [6.45, 7) is -0.739. The van der Waals surface area contributed by atoms with Crippen molar-refractivity contribution in [3.8, 4) is 0 Å². The smallest absolute Gasteiger partial charge is 0.321 e. The highest BCUT2D eigenvalue weighted by Gasteiger charge is 2.49. The second-order valence-electron chi connectivity index (χ2n) is 2.88. The van der Waals surface area contributed by atoms with Gasteiger partial charge in [0, 0.05) is 14.1 Å². The van der Waals surface area contributed by atoms with Crippen molar-refractivity contribution in [2.24, 2.45) is 0 Å². The van der Waals surface area contributed by atoms with E-state index in [-0.39, 0.29) is 0 Å². The molecule has 0 aromatic rings. The molecule has 70 valence electrons. The van der Waals surface area contributed by atoms with Crippen LogP contribution in [0.2, 0.25) is 0 Å². The zero-order chi connectivity index (χ0) is 9.52. The Kier molecular flexibility index (Phi) is 1.95. The first-order chi connectivity index (χ1) is 5.36. The van der Waals surface area contributed by atoms with Crippen LogP contribution in [0.1, 0.15) is 0 Å². The van der Waals surface area contributed by atoms with Crippen LogP contribution in [0.25, 0.3) is 0 Å². The number of urea groups is 1. The van der Waals surface area contributed by atoms with Crippen molar-refractivity contribution in [1.82, 2.24) is 9.80 Å². The fraction of sp³-hybridized carbons (Fsp3) is 0.833. The summed E-state index contributed by atoms with van der Waals surface area (Å²) in [6.07, 6.45) is -2.01. The number of halogens is 2. The third-order valence-corrected chi connectivity index (χ3v) is 1.82. The summed E-state index contributed by atoms with van der Waals surface area (Å²) in [5.74, 6) is -3.25. The predicted octanol–water partition coefficient (Wildman–Crippen LogP) is -0.0627. The van der Waals surface area contributed by atoms with Crippen LogP contribution >= 0.6 is 0 Å². The fourth-order valence-corrected chi connectivity index (χ4v) is 1.12. The van der Waals surface area contributed by atoms with Gasteiger partial charge in [-0.15, -0.1) is 0 Å². The Labute approximate surface area is 68.4 Å². The monoisotopic (exact) mass is 180 g/mol. The summed E-state index contributed by atoms with van der Waals surface area (Å²) in [5, 5.41) is 8.92. The number of aliphatic hydroxyl groups excluding tert-OH is 1. The number of carbonyl (C=O) groups excluding carboxylic acids is 1. The van der Waals surface area contributed by atoms with E-state index < -0.39 is 24.7 Å². The molecule has 1 aliphatic rings. The van der Waals surface area contributed by atoms with Crippen LogP contribution in [-0.4, -0.2) is 53.7 Å². The van der Waals surface area contributed by atoms with Crippen molar-refractivity contribution in [3.63, 3.8) is 0 Å². The highest BCUT2D eigenvalue weighted by Crippen LogP contribution is 2.26. The molecule has 1 fully saturated rings. The summed E-state index contributed by atoms with van der Waals surface area (Å²) in [4.78, 5) is 12.5. The van der Waals surface area contributed by atoms with Crippen molar-refractivity contribution in [2.45, 2.75) is 12.2 Å². The lowest BCUT2D eigenvalue weighted by atomic mass is 10.2. The molecule has 2 amide bonds. The summed E-state index contributed by atoms with van der Waals surface area (Å²) >= 11 is 0. The van der Waals surface area contributed by atoms with Crippen LogP contribution in [0, 0.1) is 0 Å². The second-order valence-corrected chi connectivity index (χ2v) is 2.88. The molecule has 0 aromatic heterocycles. The molecule has 0 spiro atoms. The van der Waals surface area contributed by atoms with Crippen molar-refractivity contribution < 1.29 is 18.7 Å². The van der Waals surface area contributed by atoms with E-state index in [9.17, 15) is 13.6 Å². The van der Waals surface area contributed by atoms with E-state index in [4.69, 9.17) is 5.11 Å². The zero-order valence-electron chi connectivity index (χ0n) is 6.79. The molecule has 0 saturated carbocycles. The van der Waals surface area contributed by atoms with Gasteiger partial charge in [-0.25, -0.2) is 4.79 Å².